The van der Waals surface area contributed by atoms with Crippen LogP contribution in [0.5, 0.6) is 0 Å². The fourth-order valence-electron chi connectivity index (χ4n) is 4.81. The molecule has 0 unspecified atom stereocenters. The van der Waals surface area contributed by atoms with Crippen LogP contribution in [0.15, 0.2) is 55.0 Å². The zero-order valence-corrected chi connectivity index (χ0v) is 19.6. The lowest BCUT2D eigenvalue weighted by molar-refractivity contribution is -0.137. The van der Waals surface area contributed by atoms with Gasteiger partial charge in [0.15, 0.2) is 0 Å². The Morgan fingerprint density at radius 2 is 1.92 bits per heavy atom. The van der Waals surface area contributed by atoms with Gasteiger partial charge in [-0.2, -0.15) is 13.2 Å². The van der Waals surface area contributed by atoms with Crippen molar-refractivity contribution in [1.82, 2.24) is 30.2 Å². The minimum absolute atomic E-state index is 0.0578. The quantitative estimate of drug-likeness (QED) is 0.272. The van der Waals surface area contributed by atoms with Gasteiger partial charge < -0.3 is 21.4 Å². The van der Waals surface area contributed by atoms with Gasteiger partial charge in [0, 0.05) is 58.6 Å². The van der Waals surface area contributed by atoms with Gasteiger partial charge in [0.05, 0.1) is 11.2 Å². The highest BCUT2D eigenvalue weighted by Crippen LogP contribution is 2.40. The van der Waals surface area contributed by atoms with E-state index in [4.69, 9.17) is 5.73 Å². The first-order chi connectivity index (χ1) is 17.9. The summed E-state index contributed by atoms with van der Waals surface area (Å²) in [6, 6.07) is 11.3. The molecule has 11 heteroatoms. The van der Waals surface area contributed by atoms with Crippen LogP contribution in [0.3, 0.4) is 0 Å². The molecule has 5 N–H and O–H groups in total. The molecule has 1 aliphatic heterocycles. The number of aromatic nitrogens is 5. The Bertz CT molecular complexity index is 1610. The molecule has 1 atom stereocenters. The number of nitrogens with two attached hydrogens (primary N) is 1. The lowest BCUT2D eigenvalue weighted by Gasteiger charge is -2.24. The number of aromatic amines is 1. The van der Waals surface area contributed by atoms with E-state index in [1.807, 2.05) is 30.3 Å². The minimum Gasteiger partial charge on any atom is -0.368 e. The number of rotatable bonds is 4. The van der Waals surface area contributed by atoms with Crippen molar-refractivity contribution >= 4 is 33.7 Å². The number of nitrogen functional groups attached to an aromatic ring is 1. The molecular weight excluding hydrogens is 481 g/mol. The Morgan fingerprint density at radius 3 is 2.73 bits per heavy atom. The smallest absolute Gasteiger partial charge is 0.368 e. The van der Waals surface area contributed by atoms with Gasteiger partial charge in [0.25, 0.3) is 0 Å². The van der Waals surface area contributed by atoms with Crippen molar-refractivity contribution in [1.29, 1.82) is 0 Å². The van der Waals surface area contributed by atoms with Crippen molar-refractivity contribution < 1.29 is 13.2 Å². The molecule has 0 spiro atoms. The maximum atomic E-state index is 14.0. The van der Waals surface area contributed by atoms with Gasteiger partial charge in [0.2, 0.25) is 11.9 Å². The molecular formula is C26H23F3N8. The summed E-state index contributed by atoms with van der Waals surface area (Å²) in [7, 11) is 0. The molecule has 4 heterocycles. The van der Waals surface area contributed by atoms with Gasteiger partial charge in [-0.25, -0.2) is 19.9 Å². The maximum absolute atomic E-state index is 14.0. The van der Waals surface area contributed by atoms with Gasteiger partial charge in [-0.1, -0.05) is 30.3 Å². The van der Waals surface area contributed by atoms with Crippen LogP contribution in [0.25, 0.3) is 44.2 Å². The number of para-hydroxylation sites is 1. The van der Waals surface area contributed by atoms with Crippen molar-refractivity contribution in [2.75, 3.05) is 24.1 Å². The van der Waals surface area contributed by atoms with E-state index in [0.29, 0.717) is 28.5 Å². The van der Waals surface area contributed by atoms with Gasteiger partial charge in [0.1, 0.15) is 5.56 Å². The first kappa shape index (κ1) is 23.2. The molecule has 5 aromatic rings. The number of piperidine rings is 1. The van der Waals surface area contributed by atoms with E-state index in [1.54, 1.807) is 18.5 Å². The molecule has 3 aromatic heterocycles. The van der Waals surface area contributed by atoms with Crippen molar-refractivity contribution in [3.8, 4) is 22.4 Å². The minimum atomic E-state index is -4.60. The Balaban J connectivity index is 1.43. The van der Waals surface area contributed by atoms with Crippen LogP contribution in [0.2, 0.25) is 0 Å². The number of nitrogens with zero attached hydrogens (tertiary/aromatic N) is 4. The molecule has 0 amide bonds. The summed E-state index contributed by atoms with van der Waals surface area (Å²) in [5.74, 6) is 0.343. The highest BCUT2D eigenvalue weighted by Gasteiger charge is 2.36. The number of benzene rings is 2. The van der Waals surface area contributed by atoms with Crippen molar-refractivity contribution in [2.45, 2.75) is 25.1 Å². The topological polar surface area (TPSA) is 117 Å². The zero-order chi connectivity index (χ0) is 25.6. The number of hydrogen-bond acceptors (Lipinski definition) is 7. The second-order valence-electron chi connectivity index (χ2n) is 9.08. The lowest BCUT2D eigenvalue weighted by atomic mass is 9.99. The fourth-order valence-corrected chi connectivity index (χ4v) is 4.81. The van der Waals surface area contributed by atoms with E-state index in [0.717, 1.165) is 42.1 Å². The van der Waals surface area contributed by atoms with Crippen LogP contribution >= 0.6 is 0 Å². The standard InChI is InChI=1S/C26H23F3N8/c27-26(28,29)20-13-34-25(35-16-4-2-8-31-11-16)37-23(20)19-12-32-21-9-14(6-7-18(19)21)17-5-1-3-15-10-33-24(30)36-22(15)17/h1,3,5-7,9-10,12-13,16,31-32H,2,4,8,11H2,(H2,30,33,36)(H,34,35,37)/t16-/m0/s1. The fraction of sp³-hybridized carbons (Fsp3) is 0.231. The number of hydrogen-bond donors (Lipinski definition) is 4. The van der Waals surface area contributed by atoms with E-state index < -0.39 is 11.7 Å². The molecule has 1 aliphatic rings. The van der Waals surface area contributed by atoms with Gasteiger partial charge in [-0.05, 0) is 31.0 Å². The zero-order valence-electron chi connectivity index (χ0n) is 19.6. The van der Waals surface area contributed by atoms with Gasteiger partial charge in [-0.3, -0.25) is 0 Å². The molecule has 0 aliphatic carbocycles. The average Bonchev–Trinajstić information content (AvgIpc) is 3.31. The van der Waals surface area contributed by atoms with Crippen molar-refractivity contribution in [3.05, 3.63) is 60.6 Å². The number of H-pyrrole nitrogens is 1. The molecule has 1 saturated heterocycles. The van der Waals surface area contributed by atoms with Crippen LogP contribution in [0.4, 0.5) is 25.1 Å². The normalized spacial score (nSPS) is 16.4. The third-order valence-electron chi connectivity index (χ3n) is 6.60. The number of fused-ring (bicyclic) bond motifs is 2. The molecule has 6 rings (SSSR count). The molecule has 1 fully saturated rings. The van der Waals surface area contributed by atoms with Crippen molar-refractivity contribution in [3.63, 3.8) is 0 Å². The van der Waals surface area contributed by atoms with Crippen molar-refractivity contribution in [2.24, 2.45) is 0 Å². The Labute approximate surface area is 209 Å². The summed E-state index contributed by atoms with van der Waals surface area (Å²) in [5.41, 5.74) is 8.16. The third kappa shape index (κ3) is 4.42. The van der Waals surface area contributed by atoms with E-state index >= 15 is 0 Å². The molecule has 2 aromatic carbocycles. The first-order valence-corrected chi connectivity index (χ1v) is 11.9. The predicted octanol–water partition coefficient (Wildman–Crippen LogP) is 5.00. The highest BCUT2D eigenvalue weighted by molar-refractivity contribution is 6.00. The number of alkyl halides is 3. The van der Waals surface area contributed by atoms with E-state index in [-0.39, 0.29) is 23.6 Å². The van der Waals surface area contributed by atoms with Crippen LogP contribution in [-0.4, -0.2) is 44.1 Å². The monoisotopic (exact) mass is 504 g/mol. The highest BCUT2D eigenvalue weighted by atomic mass is 19.4. The summed E-state index contributed by atoms with van der Waals surface area (Å²) >= 11 is 0. The Hall–Kier alpha value is -4.25. The number of nitrogens with one attached hydrogen (secondary N) is 3. The summed E-state index contributed by atoms with van der Waals surface area (Å²) in [6.07, 6.45) is 1.34. The summed E-state index contributed by atoms with van der Waals surface area (Å²) < 4.78 is 41.9. The van der Waals surface area contributed by atoms with Crippen LogP contribution in [0.1, 0.15) is 18.4 Å². The van der Waals surface area contributed by atoms with E-state index in [2.05, 4.69) is 35.6 Å². The number of halogens is 3. The Morgan fingerprint density at radius 1 is 1.03 bits per heavy atom. The van der Waals surface area contributed by atoms with Gasteiger partial charge >= 0.3 is 6.18 Å². The number of anilines is 2. The first-order valence-electron chi connectivity index (χ1n) is 11.9. The molecule has 0 saturated carbocycles. The second-order valence-corrected chi connectivity index (χ2v) is 9.08. The molecule has 0 radical (unpaired) electrons. The maximum Gasteiger partial charge on any atom is 0.419 e. The predicted molar refractivity (Wildman–Crippen MR) is 137 cm³/mol. The largest absolute Gasteiger partial charge is 0.419 e. The molecule has 188 valence electrons. The van der Waals surface area contributed by atoms with Gasteiger partial charge in [-0.15, -0.1) is 0 Å². The van der Waals surface area contributed by atoms with Crippen LogP contribution in [-0.2, 0) is 6.18 Å². The Kier molecular flexibility index (Phi) is 5.64. The average molecular weight is 505 g/mol. The molecule has 8 nitrogen and oxygen atoms in total. The second kappa shape index (κ2) is 9.00. The molecule has 37 heavy (non-hydrogen) atoms. The SMILES string of the molecule is Nc1ncc2cccc(-c3ccc4c(-c5nc(N[C@H]6CCCNC6)ncc5C(F)(F)F)c[nH]c4c3)c2n1. The van der Waals surface area contributed by atoms with Crippen LogP contribution < -0.4 is 16.4 Å². The summed E-state index contributed by atoms with van der Waals surface area (Å²) in [5, 5.41) is 7.90. The van der Waals surface area contributed by atoms with E-state index in [1.165, 1.54) is 0 Å². The van der Waals surface area contributed by atoms with Crippen LogP contribution in [0, 0.1) is 0 Å². The molecule has 0 bridgehead atoms. The summed E-state index contributed by atoms with van der Waals surface area (Å²) in [4.78, 5) is 19.9. The lowest BCUT2D eigenvalue weighted by Crippen LogP contribution is -2.38. The van der Waals surface area contributed by atoms with E-state index in [9.17, 15) is 13.2 Å². The summed E-state index contributed by atoms with van der Waals surface area (Å²) in [6.45, 7) is 1.63. The third-order valence-corrected chi connectivity index (χ3v) is 6.60.